The fourth-order valence-corrected chi connectivity index (χ4v) is 2.98. The van der Waals surface area contributed by atoms with E-state index in [1.54, 1.807) is 7.11 Å². The summed E-state index contributed by atoms with van der Waals surface area (Å²) in [5, 5.41) is 4.18. The second-order valence-electron chi connectivity index (χ2n) is 4.63. The molecule has 1 aromatic rings. The summed E-state index contributed by atoms with van der Waals surface area (Å²) < 4.78 is 10.1. The predicted octanol–water partition coefficient (Wildman–Crippen LogP) is 2.77. The Balaban J connectivity index is 2.16. The summed E-state index contributed by atoms with van der Waals surface area (Å²) >= 11 is 1.43. The van der Waals surface area contributed by atoms with E-state index in [9.17, 15) is 0 Å². The third-order valence-electron chi connectivity index (χ3n) is 3.05. The molecular formula is C11H19N3OS. The quantitative estimate of drug-likeness (QED) is 0.880. The van der Waals surface area contributed by atoms with Crippen molar-refractivity contribution >= 4 is 16.7 Å². The number of nitrogens with zero attached hydrogens (tertiary/aromatic N) is 2. The number of ether oxygens (including phenoxy) is 1. The van der Waals surface area contributed by atoms with Gasteiger partial charge in [0.1, 0.15) is 5.60 Å². The highest BCUT2D eigenvalue weighted by Gasteiger charge is 2.39. The van der Waals surface area contributed by atoms with Crippen molar-refractivity contribution in [2.75, 3.05) is 12.4 Å². The molecule has 90 valence electrons. The third kappa shape index (κ3) is 2.20. The summed E-state index contributed by atoms with van der Waals surface area (Å²) in [4.78, 5) is 4.55. The van der Waals surface area contributed by atoms with Crippen LogP contribution < -0.4 is 5.32 Å². The summed E-state index contributed by atoms with van der Waals surface area (Å²) in [5.41, 5.74) is -0.215. The van der Waals surface area contributed by atoms with E-state index in [1.165, 1.54) is 24.4 Å². The highest BCUT2D eigenvalue weighted by atomic mass is 32.1. The lowest BCUT2D eigenvalue weighted by Crippen LogP contribution is -2.26. The van der Waals surface area contributed by atoms with Crippen LogP contribution in [0, 0.1) is 0 Å². The second-order valence-corrected chi connectivity index (χ2v) is 5.38. The summed E-state index contributed by atoms with van der Waals surface area (Å²) in [7, 11) is 1.77. The molecule has 1 aromatic heterocycles. The highest BCUT2D eigenvalue weighted by Crippen LogP contribution is 2.41. The fourth-order valence-electron chi connectivity index (χ4n) is 2.18. The zero-order valence-corrected chi connectivity index (χ0v) is 10.9. The molecule has 1 N–H and O–H groups in total. The standard InChI is InChI=1S/C11H19N3OS/c1-8(2)12-10-13-9(14-16-10)11(15-3)6-4-5-7-11/h8H,4-7H2,1-3H3,(H,12,13,14). The van der Waals surface area contributed by atoms with Crippen molar-refractivity contribution in [1.82, 2.24) is 9.36 Å². The Hall–Kier alpha value is -0.680. The molecule has 0 unspecified atom stereocenters. The Morgan fingerprint density at radius 2 is 2.06 bits per heavy atom. The van der Waals surface area contributed by atoms with Crippen LogP contribution in [0.3, 0.4) is 0 Å². The number of anilines is 1. The van der Waals surface area contributed by atoms with E-state index in [4.69, 9.17) is 4.74 Å². The number of hydrogen-bond acceptors (Lipinski definition) is 5. The zero-order valence-electron chi connectivity index (χ0n) is 10.1. The number of nitrogens with one attached hydrogen (secondary N) is 1. The zero-order chi connectivity index (χ0) is 11.6. The first-order valence-corrected chi connectivity index (χ1v) is 6.59. The molecule has 5 heteroatoms. The molecule has 16 heavy (non-hydrogen) atoms. The molecule has 0 amide bonds. The molecular weight excluding hydrogens is 222 g/mol. The molecule has 1 aliphatic rings. The Morgan fingerprint density at radius 3 is 2.62 bits per heavy atom. The van der Waals surface area contributed by atoms with Crippen molar-refractivity contribution in [3.63, 3.8) is 0 Å². The lowest BCUT2D eigenvalue weighted by molar-refractivity contribution is -0.0152. The average Bonchev–Trinajstić information content (AvgIpc) is 2.85. The minimum Gasteiger partial charge on any atom is -0.370 e. The van der Waals surface area contributed by atoms with Gasteiger partial charge in [0.2, 0.25) is 5.13 Å². The number of hydrogen-bond donors (Lipinski definition) is 1. The number of rotatable bonds is 4. The lowest BCUT2D eigenvalue weighted by Gasteiger charge is -2.23. The van der Waals surface area contributed by atoms with Crippen LogP contribution in [0.2, 0.25) is 0 Å². The SMILES string of the molecule is COC1(c2nsc(NC(C)C)n2)CCCC1. The molecule has 1 aliphatic carbocycles. The van der Waals surface area contributed by atoms with Gasteiger partial charge in [0.25, 0.3) is 0 Å². The van der Waals surface area contributed by atoms with Gasteiger partial charge in [-0.15, -0.1) is 0 Å². The van der Waals surface area contributed by atoms with Gasteiger partial charge < -0.3 is 10.1 Å². The maximum absolute atomic E-state index is 5.66. The summed E-state index contributed by atoms with van der Waals surface area (Å²) in [6.45, 7) is 4.20. The summed E-state index contributed by atoms with van der Waals surface area (Å²) in [5.74, 6) is 0.862. The van der Waals surface area contributed by atoms with Gasteiger partial charge in [-0.3, -0.25) is 0 Å². The largest absolute Gasteiger partial charge is 0.370 e. The van der Waals surface area contributed by atoms with Crippen LogP contribution in [-0.4, -0.2) is 22.5 Å². The van der Waals surface area contributed by atoms with Gasteiger partial charge in [0.15, 0.2) is 5.82 Å². The van der Waals surface area contributed by atoms with E-state index in [2.05, 4.69) is 28.5 Å². The molecule has 0 radical (unpaired) electrons. The van der Waals surface area contributed by atoms with Crippen molar-refractivity contribution in [3.05, 3.63) is 5.82 Å². The van der Waals surface area contributed by atoms with Crippen LogP contribution in [0.4, 0.5) is 5.13 Å². The lowest BCUT2D eigenvalue weighted by atomic mass is 10.0. The van der Waals surface area contributed by atoms with E-state index in [0.29, 0.717) is 6.04 Å². The predicted molar refractivity (Wildman–Crippen MR) is 65.8 cm³/mol. The Morgan fingerprint density at radius 1 is 1.38 bits per heavy atom. The molecule has 0 bridgehead atoms. The Kier molecular flexibility index (Phi) is 3.44. The van der Waals surface area contributed by atoms with Crippen LogP contribution in [0.15, 0.2) is 0 Å². The molecule has 2 rings (SSSR count). The van der Waals surface area contributed by atoms with Gasteiger partial charge in [-0.1, -0.05) is 0 Å². The first-order valence-electron chi connectivity index (χ1n) is 5.82. The maximum atomic E-state index is 5.66. The van der Waals surface area contributed by atoms with Gasteiger partial charge in [-0.25, -0.2) is 4.98 Å². The monoisotopic (exact) mass is 241 g/mol. The van der Waals surface area contributed by atoms with Gasteiger partial charge in [0.05, 0.1) is 0 Å². The summed E-state index contributed by atoms with van der Waals surface area (Å²) in [6, 6.07) is 0.392. The molecule has 1 saturated carbocycles. The average molecular weight is 241 g/mol. The molecule has 1 heterocycles. The van der Waals surface area contributed by atoms with Gasteiger partial charge >= 0.3 is 0 Å². The first-order chi connectivity index (χ1) is 7.66. The van der Waals surface area contributed by atoms with Crippen molar-refractivity contribution in [3.8, 4) is 0 Å². The molecule has 0 atom stereocenters. The van der Waals surface area contributed by atoms with E-state index in [1.807, 2.05) is 0 Å². The number of methoxy groups -OCH3 is 1. The third-order valence-corrected chi connectivity index (χ3v) is 3.69. The highest BCUT2D eigenvalue weighted by molar-refractivity contribution is 7.09. The molecule has 0 aromatic carbocycles. The van der Waals surface area contributed by atoms with Crippen LogP contribution in [0.5, 0.6) is 0 Å². The Bertz CT molecular complexity index is 345. The normalized spacial score (nSPS) is 19.2. The van der Waals surface area contributed by atoms with Gasteiger partial charge in [-0.2, -0.15) is 4.37 Å². The minimum atomic E-state index is -0.215. The van der Waals surface area contributed by atoms with Crippen LogP contribution in [0.25, 0.3) is 0 Å². The molecule has 1 fully saturated rings. The second kappa shape index (κ2) is 4.67. The number of aromatic nitrogens is 2. The van der Waals surface area contributed by atoms with E-state index in [0.717, 1.165) is 23.8 Å². The van der Waals surface area contributed by atoms with Crippen molar-refractivity contribution in [1.29, 1.82) is 0 Å². The van der Waals surface area contributed by atoms with Crippen molar-refractivity contribution in [2.45, 2.75) is 51.2 Å². The smallest absolute Gasteiger partial charge is 0.202 e. The Labute approximate surface area is 101 Å². The minimum absolute atomic E-state index is 0.215. The van der Waals surface area contributed by atoms with E-state index >= 15 is 0 Å². The molecule has 0 spiro atoms. The van der Waals surface area contributed by atoms with Gasteiger partial charge in [0, 0.05) is 24.7 Å². The van der Waals surface area contributed by atoms with E-state index in [-0.39, 0.29) is 5.60 Å². The van der Waals surface area contributed by atoms with E-state index < -0.39 is 0 Å². The fraction of sp³-hybridized carbons (Fsp3) is 0.818. The molecule has 0 aliphatic heterocycles. The summed E-state index contributed by atoms with van der Waals surface area (Å²) in [6.07, 6.45) is 4.50. The van der Waals surface area contributed by atoms with Crippen molar-refractivity contribution in [2.24, 2.45) is 0 Å². The van der Waals surface area contributed by atoms with Crippen LogP contribution in [0.1, 0.15) is 45.4 Å². The molecule has 4 nitrogen and oxygen atoms in total. The van der Waals surface area contributed by atoms with Crippen LogP contribution in [-0.2, 0) is 10.3 Å². The topological polar surface area (TPSA) is 47.0 Å². The van der Waals surface area contributed by atoms with Crippen LogP contribution >= 0.6 is 11.5 Å². The first kappa shape index (κ1) is 11.8. The van der Waals surface area contributed by atoms with Gasteiger partial charge in [-0.05, 0) is 39.5 Å². The molecule has 0 saturated heterocycles. The maximum Gasteiger partial charge on any atom is 0.202 e. The van der Waals surface area contributed by atoms with Crippen molar-refractivity contribution < 1.29 is 4.74 Å².